The van der Waals surface area contributed by atoms with Crippen molar-refractivity contribution in [3.8, 4) is 12.3 Å². The average Bonchev–Trinajstić information content (AvgIpc) is 2.25. The Morgan fingerprint density at radius 1 is 1.47 bits per heavy atom. The van der Waals surface area contributed by atoms with E-state index in [1.165, 1.54) is 11.8 Å². The van der Waals surface area contributed by atoms with Gasteiger partial charge in [0.2, 0.25) is 0 Å². The summed E-state index contributed by atoms with van der Waals surface area (Å²) in [6, 6.07) is -0.441. The minimum Gasteiger partial charge on any atom is -0.480 e. The zero-order valence-electron chi connectivity index (χ0n) is 10.6. The first kappa shape index (κ1) is 15.3. The molecule has 2 N–H and O–H groups in total. The van der Waals surface area contributed by atoms with E-state index in [4.69, 9.17) is 11.5 Å². The van der Waals surface area contributed by atoms with E-state index in [-0.39, 0.29) is 6.54 Å². The van der Waals surface area contributed by atoms with Gasteiger partial charge < -0.3 is 15.3 Å². The topological polar surface area (TPSA) is 69.6 Å². The predicted molar refractivity (Wildman–Crippen MR) is 65.6 cm³/mol. The van der Waals surface area contributed by atoms with E-state index in [1.54, 1.807) is 6.92 Å². The van der Waals surface area contributed by atoms with Crippen molar-refractivity contribution in [2.24, 2.45) is 0 Å². The molecule has 0 aromatic heterocycles. The summed E-state index contributed by atoms with van der Waals surface area (Å²) in [5.41, 5.74) is -1.24. The largest absolute Gasteiger partial charge is 0.480 e. The van der Waals surface area contributed by atoms with Crippen LogP contribution >= 0.6 is 0 Å². The summed E-state index contributed by atoms with van der Waals surface area (Å²) in [6.07, 6.45) is 6.18. The maximum atomic E-state index is 11.8. The molecule has 0 aliphatic carbocycles. The minimum atomic E-state index is -1.24. The highest BCUT2D eigenvalue weighted by molar-refractivity contribution is 5.85. The molecule has 0 saturated heterocycles. The Morgan fingerprint density at radius 3 is 2.41 bits per heavy atom. The highest BCUT2D eigenvalue weighted by Crippen LogP contribution is 2.13. The number of terminal acetylenes is 1. The van der Waals surface area contributed by atoms with Crippen LogP contribution in [0.3, 0.4) is 0 Å². The fraction of sp³-hybridized carbons (Fsp3) is 0.667. The van der Waals surface area contributed by atoms with Gasteiger partial charge in [-0.3, -0.25) is 0 Å². The van der Waals surface area contributed by atoms with Crippen LogP contribution in [0.5, 0.6) is 0 Å². The van der Waals surface area contributed by atoms with Crippen LogP contribution in [0.1, 0.15) is 33.6 Å². The van der Waals surface area contributed by atoms with Crippen molar-refractivity contribution in [2.75, 3.05) is 13.1 Å². The lowest BCUT2D eigenvalue weighted by molar-refractivity contribution is -0.144. The molecule has 0 saturated carbocycles. The molecule has 0 spiro atoms. The Kier molecular flexibility index (Phi) is 6.11. The summed E-state index contributed by atoms with van der Waals surface area (Å²) in [4.78, 5) is 24.3. The zero-order chi connectivity index (χ0) is 13.5. The lowest BCUT2D eigenvalue weighted by Gasteiger charge is -2.29. The number of carbonyl (C=O) groups is 2. The third kappa shape index (κ3) is 4.35. The van der Waals surface area contributed by atoms with E-state index >= 15 is 0 Å². The molecule has 0 heterocycles. The monoisotopic (exact) mass is 240 g/mol. The minimum absolute atomic E-state index is 0.171. The van der Waals surface area contributed by atoms with Crippen molar-refractivity contribution < 1.29 is 14.7 Å². The number of hydrogen-bond acceptors (Lipinski definition) is 2. The number of rotatable bonds is 6. The molecule has 5 heteroatoms. The van der Waals surface area contributed by atoms with E-state index in [0.29, 0.717) is 19.4 Å². The third-order valence-electron chi connectivity index (χ3n) is 2.56. The molecule has 5 nitrogen and oxygen atoms in total. The molecule has 0 bridgehead atoms. The normalized spacial score (nSPS) is 13.3. The van der Waals surface area contributed by atoms with Crippen LogP contribution in [-0.2, 0) is 4.79 Å². The first-order chi connectivity index (χ1) is 7.91. The molecule has 0 aliphatic heterocycles. The molecule has 17 heavy (non-hydrogen) atoms. The summed E-state index contributed by atoms with van der Waals surface area (Å²) in [6.45, 7) is 5.77. The lowest BCUT2D eigenvalue weighted by Crippen LogP contribution is -2.56. The highest BCUT2D eigenvalue weighted by Gasteiger charge is 2.34. The standard InChI is InChI=1S/C12H20N2O3/c1-5-8-12(4,10(15)16)13-11(17)14(7-3)9-6-2/h2H,5,7-9H2,1,3-4H3,(H,13,17)(H,15,16). The first-order valence-corrected chi connectivity index (χ1v) is 5.65. The van der Waals surface area contributed by atoms with Crippen LogP contribution in [0.25, 0.3) is 0 Å². The van der Waals surface area contributed by atoms with Crippen molar-refractivity contribution in [1.82, 2.24) is 10.2 Å². The number of carbonyl (C=O) groups excluding carboxylic acids is 1. The fourth-order valence-electron chi connectivity index (χ4n) is 1.48. The first-order valence-electron chi connectivity index (χ1n) is 5.65. The molecule has 0 aromatic carbocycles. The molecular formula is C12H20N2O3. The second-order valence-electron chi connectivity index (χ2n) is 4.04. The van der Waals surface area contributed by atoms with Gasteiger partial charge in [-0.25, -0.2) is 9.59 Å². The Morgan fingerprint density at radius 2 is 2.06 bits per heavy atom. The van der Waals surface area contributed by atoms with Crippen molar-refractivity contribution in [3.05, 3.63) is 0 Å². The van der Waals surface area contributed by atoms with E-state index < -0.39 is 17.5 Å². The number of amides is 2. The maximum Gasteiger partial charge on any atom is 0.329 e. The summed E-state index contributed by atoms with van der Waals surface area (Å²) in [5.74, 6) is 1.33. The fourth-order valence-corrected chi connectivity index (χ4v) is 1.48. The molecule has 0 radical (unpaired) electrons. The Balaban J connectivity index is 4.72. The van der Waals surface area contributed by atoms with Crippen molar-refractivity contribution in [1.29, 1.82) is 0 Å². The highest BCUT2D eigenvalue weighted by atomic mass is 16.4. The van der Waals surface area contributed by atoms with Crippen molar-refractivity contribution >= 4 is 12.0 Å². The maximum absolute atomic E-state index is 11.8. The molecule has 96 valence electrons. The zero-order valence-corrected chi connectivity index (χ0v) is 10.6. The average molecular weight is 240 g/mol. The van der Waals surface area contributed by atoms with Gasteiger partial charge in [-0.1, -0.05) is 19.3 Å². The Hall–Kier alpha value is -1.70. The van der Waals surface area contributed by atoms with Gasteiger partial charge in [-0.05, 0) is 20.3 Å². The van der Waals surface area contributed by atoms with Crippen molar-refractivity contribution in [2.45, 2.75) is 39.2 Å². The Labute approximate surface area is 102 Å². The van der Waals surface area contributed by atoms with Crippen LogP contribution in [-0.4, -0.2) is 40.6 Å². The van der Waals surface area contributed by atoms with Crippen LogP contribution in [0, 0.1) is 12.3 Å². The summed E-state index contributed by atoms with van der Waals surface area (Å²) in [7, 11) is 0. The van der Waals surface area contributed by atoms with Gasteiger partial charge in [0, 0.05) is 6.54 Å². The number of nitrogens with one attached hydrogen (secondary N) is 1. The van der Waals surface area contributed by atoms with E-state index in [0.717, 1.165) is 0 Å². The van der Waals surface area contributed by atoms with Gasteiger partial charge in [0.1, 0.15) is 5.54 Å². The number of carboxylic acids is 1. The van der Waals surface area contributed by atoms with Crippen LogP contribution in [0.4, 0.5) is 4.79 Å². The van der Waals surface area contributed by atoms with Gasteiger partial charge in [0.15, 0.2) is 0 Å². The van der Waals surface area contributed by atoms with E-state index in [1.807, 2.05) is 6.92 Å². The summed E-state index contributed by atoms with van der Waals surface area (Å²) in [5, 5.41) is 11.6. The second kappa shape index (κ2) is 6.79. The summed E-state index contributed by atoms with van der Waals surface area (Å²) >= 11 is 0. The molecule has 0 aromatic rings. The molecule has 0 fully saturated rings. The number of carboxylic acid groups (broad SMARTS) is 1. The van der Waals surface area contributed by atoms with Crippen LogP contribution < -0.4 is 5.32 Å². The van der Waals surface area contributed by atoms with Crippen LogP contribution in [0.15, 0.2) is 0 Å². The number of hydrogen-bond donors (Lipinski definition) is 2. The predicted octanol–water partition coefficient (Wildman–Crippen LogP) is 1.29. The second-order valence-corrected chi connectivity index (χ2v) is 4.04. The van der Waals surface area contributed by atoms with Gasteiger partial charge in [-0.15, -0.1) is 6.42 Å². The molecular weight excluding hydrogens is 220 g/mol. The SMILES string of the molecule is C#CCN(CC)C(=O)NC(C)(CCC)C(=O)O. The quantitative estimate of drug-likeness (QED) is 0.687. The van der Waals surface area contributed by atoms with Gasteiger partial charge in [-0.2, -0.15) is 0 Å². The van der Waals surface area contributed by atoms with Gasteiger partial charge in [0.25, 0.3) is 0 Å². The van der Waals surface area contributed by atoms with E-state index in [2.05, 4.69) is 11.2 Å². The van der Waals surface area contributed by atoms with Gasteiger partial charge in [0.05, 0.1) is 6.54 Å². The molecule has 1 atom stereocenters. The van der Waals surface area contributed by atoms with E-state index in [9.17, 15) is 9.59 Å². The number of urea groups is 1. The third-order valence-corrected chi connectivity index (χ3v) is 2.56. The number of nitrogens with zero attached hydrogens (tertiary/aromatic N) is 1. The molecule has 1 unspecified atom stereocenters. The van der Waals surface area contributed by atoms with Gasteiger partial charge >= 0.3 is 12.0 Å². The molecule has 0 rings (SSSR count). The lowest BCUT2D eigenvalue weighted by atomic mass is 9.96. The smallest absolute Gasteiger partial charge is 0.329 e. The Bertz CT molecular complexity index is 322. The molecule has 0 aliphatic rings. The number of aliphatic carboxylic acids is 1. The molecule has 2 amide bonds. The van der Waals surface area contributed by atoms with Crippen LogP contribution in [0.2, 0.25) is 0 Å². The summed E-state index contributed by atoms with van der Waals surface area (Å²) < 4.78 is 0. The van der Waals surface area contributed by atoms with Crippen molar-refractivity contribution in [3.63, 3.8) is 0 Å².